The Morgan fingerprint density at radius 3 is 2.71 bits per heavy atom. The number of hydrogen-bond donors (Lipinski definition) is 2. The molecule has 4 heteroatoms. The Kier molecular flexibility index (Phi) is 5.55. The molecule has 3 N–H and O–H groups in total. The van der Waals surface area contributed by atoms with Crippen LogP contribution < -0.4 is 11.1 Å². The van der Waals surface area contributed by atoms with Crippen LogP contribution in [0.2, 0.25) is 0 Å². The standard InChI is InChI=1S/C13H22FN3/c1-10-4-5-11(14)8-12(10)13(9-15)16-6-7-17(2)3/h4-5,8,13,16H,6-7,9,15H2,1-3H3. The van der Waals surface area contributed by atoms with Crippen LogP contribution in [0.15, 0.2) is 18.2 Å². The van der Waals surface area contributed by atoms with E-state index in [2.05, 4.69) is 10.2 Å². The summed E-state index contributed by atoms with van der Waals surface area (Å²) in [5.41, 5.74) is 7.76. The van der Waals surface area contributed by atoms with Gasteiger partial charge in [-0.1, -0.05) is 6.07 Å². The second-order valence-corrected chi connectivity index (χ2v) is 4.55. The van der Waals surface area contributed by atoms with Gasteiger partial charge in [0.15, 0.2) is 0 Å². The number of nitrogens with one attached hydrogen (secondary N) is 1. The Hall–Kier alpha value is -0.970. The van der Waals surface area contributed by atoms with Gasteiger partial charge in [-0.05, 0) is 44.3 Å². The number of nitrogens with zero attached hydrogens (tertiary/aromatic N) is 1. The van der Waals surface area contributed by atoms with Crippen molar-refractivity contribution in [1.29, 1.82) is 0 Å². The maximum absolute atomic E-state index is 13.2. The molecule has 0 saturated heterocycles. The number of nitrogens with two attached hydrogens (primary N) is 1. The lowest BCUT2D eigenvalue weighted by atomic mass is 10.0. The van der Waals surface area contributed by atoms with Crippen molar-refractivity contribution < 1.29 is 4.39 Å². The van der Waals surface area contributed by atoms with Gasteiger partial charge < -0.3 is 16.0 Å². The minimum absolute atomic E-state index is 0.0191. The first kappa shape index (κ1) is 14.1. The molecular formula is C13H22FN3. The van der Waals surface area contributed by atoms with Crippen molar-refractivity contribution in [3.8, 4) is 0 Å². The number of aryl methyl sites for hydroxylation is 1. The normalized spacial score (nSPS) is 13.1. The molecule has 0 spiro atoms. The monoisotopic (exact) mass is 239 g/mol. The van der Waals surface area contributed by atoms with Crippen LogP contribution in [0, 0.1) is 12.7 Å². The molecule has 3 nitrogen and oxygen atoms in total. The van der Waals surface area contributed by atoms with Crippen molar-refractivity contribution in [3.63, 3.8) is 0 Å². The SMILES string of the molecule is Cc1ccc(F)cc1C(CN)NCCN(C)C. The van der Waals surface area contributed by atoms with Crippen molar-refractivity contribution in [2.24, 2.45) is 5.73 Å². The summed E-state index contributed by atoms with van der Waals surface area (Å²) in [7, 11) is 4.04. The van der Waals surface area contributed by atoms with Gasteiger partial charge in [0.1, 0.15) is 5.82 Å². The molecule has 1 rings (SSSR count). The summed E-state index contributed by atoms with van der Waals surface area (Å²) < 4.78 is 13.2. The molecular weight excluding hydrogens is 217 g/mol. The number of rotatable bonds is 6. The zero-order chi connectivity index (χ0) is 12.8. The van der Waals surface area contributed by atoms with Crippen molar-refractivity contribution in [1.82, 2.24) is 10.2 Å². The highest BCUT2D eigenvalue weighted by molar-refractivity contribution is 5.29. The predicted octanol–water partition coefficient (Wildman–Crippen LogP) is 1.29. The third-order valence-electron chi connectivity index (χ3n) is 2.80. The highest BCUT2D eigenvalue weighted by Crippen LogP contribution is 2.17. The Labute approximate surface area is 103 Å². The van der Waals surface area contributed by atoms with Crippen LogP contribution in [0.5, 0.6) is 0 Å². The summed E-state index contributed by atoms with van der Waals surface area (Å²) in [6, 6.07) is 4.86. The molecule has 0 aromatic heterocycles. The third-order valence-corrected chi connectivity index (χ3v) is 2.80. The number of halogens is 1. The molecule has 1 aromatic carbocycles. The Balaban J connectivity index is 2.68. The van der Waals surface area contributed by atoms with Crippen LogP contribution in [0.3, 0.4) is 0 Å². The first-order chi connectivity index (χ1) is 8.04. The van der Waals surface area contributed by atoms with Crippen LogP contribution in [0.25, 0.3) is 0 Å². The van der Waals surface area contributed by atoms with Crippen LogP contribution in [0.4, 0.5) is 4.39 Å². The van der Waals surface area contributed by atoms with E-state index < -0.39 is 0 Å². The van der Waals surface area contributed by atoms with E-state index in [4.69, 9.17) is 5.73 Å². The van der Waals surface area contributed by atoms with E-state index in [9.17, 15) is 4.39 Å². The van der Waals surface area contributed by atoms with Gasteiger partial charge in [0.25, 0.3) is 0 Å². The quantitative estimate of drug-likeness (QED) is 0.786. The largest absolute Gasteiger partial charge is 0.329 e. The maximum atomic E-state index is 13.2. The predicted molar refractivity (Wildman–Crippen MR) is 69.5 cm³/mol. The summed E-state index contributed by atoms with van der Waals surface area (Å²) in [4.78, 5) is 2.10. The summed E-state index contributed by atoms with van der Waals surface area (Å²) in [6.07, 6.45) is 0. The lowest BCUT2D eigenvalue weighted by Crippen LogP contribution is -2.34. The number of benzene rings is 1. The van der Waals surface area contributed by atoms with E-state index in [1.807, 2.05) is 21.0 Å². The topological polar surface area (TPSA) is 41.3 Å². The van der Waals surface area contributed by atoms with E-state index in [1.165, 1.54) is 6.07 Å². The van der Waals surface area contributed by atoms with E-state index in [-0.39, 0.29) is 11.9 Å². The van der Waals surface area contributed by atoms with Crippen molar-refractivity contribution in [3.05, 3.63) is 35.1 Å². The molecule has 0 amide bonds. The molecule has 0 bridgehead atoms. The van der Waals surface area contributed by atoms with E-state index in [0.29, 0.717) is 6.54 Å². The Morgan fingerprint density at radius 1 is 1.41 bits per heavy atom. The fourth-order valence-corrected chi connectivity index (χ4v) is 1.77. The minimum Gasteiger partial charge on any atom is -0.329 e. The van der Waals surface area contributed by atoms with Gasteiger partial charge in [-0.15, -0.1) is 0 Å². The molecule has 0 aliphatic rings. The second-order valence-electron chi connectivity index (χ2n) is 4.55. The molecule has 17 heavy (non-hydrogen) atoms. The molecule has 0 heterocycles. The van der Waals surface area contributed by atoms with Gasteiger partial charge in [0.2, 0.25) is 0 Å². The van der Waals surface area contributed by atoms with E-state index in [0.717, 1.165) is 24.2 Å². The Morgan fingerprint density at radius 2 is 2.12 bits per heavy atom. The highest BCUT2D eigenvalue weighted by Gasteiger charge is 2.12. The average molecular weight is 239 g/mol. The molecule has 0 saturated carbocycles. The van der Waals surface area contributed by atoms with Gasteiger partial charge in [-0.25, -0.2) is 4.39 Å². The van der Waals surface area contributed by atoms with E-state index in [1.54, 1.807) is 12.1 Å². The van der Waals surface area contributed by atoms with Gasteiger partial charge in [-0.3, -0.25) is 0 Å². The summed E-state index contributed by atoms with van der Waals surface area (Å²) in [6.45, 7) is 4.22. The lowest BCUT2D eigenvalue weighted by molar-refractivity contribution is 0.385. The molecule has 1 unspecified atom stereocenters. The fourth-order valence-electron chi connectivity index (χ4n) is 1.77. The maximum Gasteiger partial charge on any atom is 0.123 e. The van der Waals surface area contributed by atoms with Gasteiger partial charge in [-0.2, -0.15) is 0 Å². The first-order valence-corrected chi connectivity index (χ1v) is 5.89. The van der Waals surface area contributed by atoms with Crippen molar-refractivity contribution >= 4 is 0 Å². The highest BCUT2D eigenvalue weighted by atomic mass is 19.1. The van der Waals surface area contributed by atoms with Gasteiger partial charge in [0.05, 0.1) is 0 Å². The molecule has 0 fully saturated rings. The summed E-state index contributed by atoms with van der Waals surface area (Å²) in [5.74, 6) is -0.210. The molecule has 0 aliphatic heterocycles. The summed E-state index contributed by atoms with van der Waals surface area (Å²) >= 11 is 0. The summed E-state index contributed by atoms with van der Waals surface area (Å²) in [5, 5.41) is 3.35. The molecule has 0 aliphatic carbocycles. The smallest absolute Gasteiger partial charge is 0.123 e. The van der Waals surface area contributed by atoms with Gasteiger partial charge in [0, 0.05) is 25.7 Å². The number of likely N-dealkylation sites (N-methyl/N-ethyl adjacent to an activating group) is 1. The second kappa shape index (κ2) is 6.69. The lowest BCUT2D eigenvalue weighted by Gasteiger charge is -2.20. The van der Waals surface area contributed by atoms with Crippen LogP contribution in [0.1, 0.15) is 17.2 Å². The van der Waals surface area contributed by atoms with E-state index >= 15 is 0 Å². The molecule has 1 atom stereocenters. The third kappa shape index (κ3) is 4.42. The minimum atomic E-state index is -0.210. The zero-order valence-electron chi connectivity index (χ0n) is 10.8. The fraction of sp³-hybridized carbons (Fsp3) is 0.538. The molecule has 96 valence electrons. The zero-order valence-corrected chi connectivity index (χ0v) is 10.8. The number of hydrogen-bond acceptors (Lipinski definition) is 3. The van der Waals surface area contributed by atoms with Crippen LogP contribution in [-0.2, 0) is 0 Å². The molecule has 0 radical (unpaired) electrons. The van der Waals surface area contributed by atoms with Crippen molar-refractivity contribution in [2.45, 2.75) is 13.0 Å². The molecule has 1 aromatic rings. The average Bonchev–Trinajstić information content (AvgIpc) is 2.28. The van der Waals surface area contributed by atoms with Gasteiger partial charge >= 0.3 is 0 Å². The van der Waals surface area contributed by atoms with Crippen molar-refractivity contribution in [2.75, 3.05) is 33.7 Å². The first-order valence-electron chi connectivity index (χ1n) is 5.89. The van der Waals surface area contributed by atoms with Crippen LogP contribution in [-0.4, -0.2) is 38.6 Å². The van der Waals surface area contributed by atoms with Crippen LogP contribution >= 0.6 is 0 Å². The Bertz CT molecular complexity index is 353.